The maximum absolute atomic E-state index is 12.0. The Morgan fingerprint density at radius 3 is 2.35 bits per heavy atom. The maximum Gasteiger partial charge on any atom is 0.357 e. The summed E-state index contributed by atoms with van der Waals surface area (Å²) in [5, 5.41) is 9.14. The standard InChI is InChI=1S/C23H27ClN2O7S/c1-17(16-32-21-7-5-4-6-20(21)24)25(2)15-14-18-8-10-19(11-9-18)26(34(3,30)31)33-23(29)13-12-22(27)28/h4-13,17H,14-16H2,1-3H3,(H,27,28)/b13-12+. The summed E-state index contributed by atoms with van der Waals surface area (Å²) in [7, 11) is -1.98. The SMILES string of the molecule is CC(COc1ccccc1Cl)N(C)CCc1ccc(N(OC(=O)/C=C/C(=O)O)S(C)(=O)=O)cc1. The van der Waals surface area contributed by atoms with Crippen LogP contribution in [0.3, 0.4) is 0 Å². The van der Waals surface area contributed by atoms with Gasteiger partial charge in [0.25, 0.3) is 10.0 Å². The number of ether oxygens (including phenoxy) is 1. The number of para-hydroxylation sites is 1. The van der Waals surface area contributed by atoms with Crippen LogP contribution in [-0.2, 0) is 30.9 Å². The molecule has 0 aliphatic carbocycles. The molecule has 34 heavy (non-hydrogen) atoms. The molecule has 0 bridgehead atoms. The normalized spacial score (nSPS) is 12.5. The minimum Gasteiger partial charge on any atom is -0.490 e. The molecule has 2 aromatic rings. The van der Waals surface area contributed by atoms with E-state index in [1.54, 1.807) is 18.2 Å². The zero-order valence-electron chi connectivity index (χ0n) is 19.0. The Hall–Kier alpha value is -3.08. The van der Waals surface area contributed by atoms with Crippen molar-refractivity contribution in [2.24, 2.45) is 0 Å². The largest absolute Gasteiger partial charge is 0.490 e. The number of hydrogen-bond donors (Lipinski definition) is 1. The molecule has 0 radical (unpaired) electrons. The average molecular weight is 511 g/mol. The molecule has 0 saturated carbocycles. The zero-order chi connectivity index (χ0) is 25.3. The Morgan fingerprint density at radius 1 is 1.12 bits per heavy atom. The molecule has 0 fully saturated rings. The van der Waals surface area contributed by atoms with Crippen LogP contribution in [0.4, 0.5) is 5.69 Å². The molecule has 2 rings (SSSR count). The number of carbonyl (C=O) groups is 2. The molecule has 184 valence electrons. The molecular formula is C23H27ClN2O7S. The zero-order valence-corrected chi connectivity index (χ0v) is 20.6. The average Bonchev–Trinajstić information content (AvgIpc) is 2.78. The number of hydrogen-bond acceptors (Lipinski definition) is 7. The smallest absolute Gasteiger partial charge is 0.357 e. The number of carbonyl (C=O) groups excluding carboxylic acids is 1. The van der Waals surface area contributed by atoms with Gasteiger partial charge in [0, 0.05) is 24.7 Å². The Kier molecular flexibility index (Phi) is 9.91. The Bertz CT molecular complexity index is 1120. The lowest BCUT2D eigenvalue weighted by molar-refractivity contribution is -0.138. The summed E-state index contributed by atoms with van der Waals surface area (Å²) in [4.78, 5) is 29.2. The third-order valence-corrected chi connectivity index (χ3v) is 6.01. The van der Waals surface area contributed by atoms with Crippen molar-refractivity contribution in [1.82, 2.24) is 4.90 Å². The second-order valence-electron chi connectivity index (χ2n) is 7.56. The van der Waals surface area contributed by atoms with Crippen LogP contribution in [0.2, 0.25) is 5.02 Å². The van der Waals surface area contributed by atoms with Crippen LogP contribution in [0.5, 0.6) is 5.75 Å². The fourth-order valence-electron chi connectivity index (χ4n) is 2.77. The van der Waals surface area contributed by atoms with E-state index in [0.717, 1.165) is 18.4 Å². The van der Waals surface area contributed by atoms with Gasteiger partial charge >= 0.3 is 11.9 Å². The summed E-state index contributed by atoms with van der Waals surface area (Å²) in [6.07, 6.45) is 2.74. The molecule has 9 nitrogen and oxygen atoms in total. The van der Waals surface area contributed by atoms with Crippen LogP contribution in [0.1, 0.15) is 12.5 Å². The highest BCUT2D eigenvalue weighted by atomic mass is 35.5. The van der Waals surface area contributed by atoms with Gasteiger partial charge in [-0.15, -0.1) is 0 Å². The number of sulfonamides is 1. The van der Waals surface area contributed by atoms with E-state index < -0.39 is 22.0 Å². The molecule has 11 heteroatoms. The second kappa shape index (κ2) is 12.4. The molecule has 2 aromatic carbocycles. The molecule has 0 saturated heterocycles. The molecule has 1 unspecified atom stereocenters. The third kappa shape index (κ3) is 8.69. The first kappa shape index (κ1) is 27.2. The minimum absolute atomic E-state index is 0.109. The monoisotopic (exact) mass is 510 g/mol. The van der Waals surface area contributed by atoms with Crippen molar-refractivity contribution < 1.29 is 32.7 Å². The summed E-state index contributed by atoms with van der Waals surface area (Å²) in [5.74, 6) is -1.86. The predicted molar refractivity (Wildman–Crippen MR) is 129 cm³/mol. The van der Waals surface area contributed by atoms with E-state index in [1.807, 2.05) is 32.2 Å². The van der Waals surface area contributed by atoms with Gasteiger partial charge in [0.05, 0.1) is 17.0 Å². The molecule has 0 heterocycles. The van der Waals surface area contributed by atoms with Gasteiger partial charge in [0.2, 0.25) is 0 Å². The fraction of sp³-hybridized carbons (Fsp3) is 0.304. The first-order chi connectivity index (χ1) is 16.0. The van der Waals surface area contributed by atoms with Crippen LogP contribution in [-0.4, -0.2) is 62.9 Å². The van der Waals surface area contributed by atoms with Gasteiger partial charge in [0.1, 0.15) is 12.4 Å². The van der Waals surface area contributed by atoms with E-state index in [-0.39, 0.29) is 11.7 Å². The summed E-state index contributed by atoms with van der Waals surface area (Å²) >= 11 is 6.11. The Labute approximate surface area is 204 Å². The van der Waals surface area contributed by atoms with Crippen molar-refractivity contribution in [1.29, 1.82) is 0 Å². The molecular weight excluding hydrogens is 484 g/mol. The molecule has 0 aliphatic heterocycles. The first-order valence-electron chi connectivity index (χ1n) is 10.3. The number of nitrogens with zero attached hydrogens (tertiary/aromatic N) is 2. The lowest BCUT2D eigenvalue weighted by atomic mass is 10.1. The van der Waals surface area contributed by atoms with Crippen molar-refractivity contribution in [3.05, 3.63) is 71.3 Å². The third-order valence-electron chi connectivity index (χ3n) is 4.81. The van der Waals surface area contributed by atoms with Crippen LogP contribution < -0.4 is 9.21 Å². The van der Waals surface area contributed by atoms with Crippen molar-refractivity contribution in [2.75, 3.05) is 30.9 Å². The van der Waals surface area contributed by atoms with Crippen molar-refractivity contribution in [3.8, 4) is 5.75 Å². The van der Waals surface area contributed by atoms with Crippen molar-refractivity contribution in [3.63, 3.8) is 0 Å². The number of aliphatic carboxylic acids is 1. The highest BCUT2D eigenvalue weighted by Crippen LogP contribution is 2.23. The summed E-state index contributed by atoms with van der Waals surface area (Å²) < 4.78 is 30.3. The summed E-state index contributed by atoms with van der Waals surface area (Å²) in [5.41, 5.74) is 1.05. The predicted octanol–water partition coefficient (Wildman–Crippen LogP) is 3.15. The van der Waals surface area contributed by atoms with Crippen LogP contribution in [0, 0.1) is 0 Å². The van der Waals surface area contributed by atoms with Crippen molar-refractivity contribution in [2.45, 2.75) is 19.4 Å². The number of carboxylic acids is 1. The molecule has 0 aliphatic rings. The van der Waals surface area contributed by atoms with Gasteiger partial charge in [-0.05, 0) is 50.2 Å². The number of likely N-dealkylation sites (N-methyl/N-ethyl adjacent to an activating group) is 1. The van der Waals surface area contributed by atoms with E-state index in [1.165, 1.54) is 12.1 Å². The summed E-state index contributed by atoms with van der Waals surface area (Å²) in [6.45, 7) is 3.22. The minimum atomic E-state index is -3.96. The number of carboxylic acid groups (broad SMARTS) is 1. The molecule has 0 amide bonds. The second-order valence-corrected chi connectivity index (χ2v) is 9.76. The van der Waals surface area contributed by atoms with E-state index in [0.29, 0.717) is 40.4 Å². The number of anilines is 1. The lowest BCUT2D eigenvalue weighted by Crippen LogP contribution is -2.35. The van der Waals surface area contributed by atoms with Crippen LogP contribution in [0.25, 0.3) is 0 Å². The lowest BCUT2D eigenvalue weighted by Gasteiger charge is -2.25. The maximum atomic E-state index is 12.0. The van der Waals surface area contributed by atoms with Gasteiger partial charge in [-0.2, -0.15) is 0 Å². The van der Waals surface area contributed by atoms with E-state index in [2.05, 4.69) is 4.90 Å². The van der Waals surface area contributed by atoms with Gasteiger partial charge in [-0.25, -0.2) is 18.0 Å². The fourth-order valence-corrected chi connectivity index (χ4v) is 3.68. The molecule has 0 aromatic heterocycles. The summed E-state index contributed by atoms with van der Waals surface area (Å²) in [6, 6.07) is 13.9. The highest BCUT2D eigenvalue weighted by Gasteiger charge is 2.22. The van der Waals surface area contributed by atoms with Crippen molar-refractivity contribution >= 4 is 39.3 Å². The quantitative estimate of drug-likeness (QED) is 0.342. The van der Waals surface area contributed by atoms with Gasteiger partial charge in [-0.3, -0.25) is 4.90 Å². The van der Waals surface area contributed by atoms with Crippen LogP contribution in [0.15, 0.2) is 60.7 Å². The van der Waals surface area contributed by atoms with E-state index in [4.69, 9.17) is 26.3 Å². The number of halogens is 1. The van der Waals surface area contributed by atoms with Crippen LogP contribution >= 0.6 is 11.6 Å². The van der Waals surface area contributed by atoms with Gasteiger partial charge in [-0.1, -0.05) is 40.3 Å². The molecule has 1 atom stereocenters. The van der Waals surface area contributed by atoms with Gasteiger partial charge < -0.3 is 14.7 Å². The Morgan fingerprint density at radius 2 is 1.76 bits per heavy atom. The van der Waals surface area contributed by atoms with Gasteiger partial charge in [0.15, 0.2) is 0 Å². The topological polar surface area (TPSA) is 113 Å². The molecule has 1 N–H and O–H groups in total. The Balaban J connectivity index is 1.94. The number of rotatable bonds is 12. The molecule has 0 spiro atoms. The first-order valence-corrected chi connectivity index (χ1v) is 12.5. The number of benzene rings is 2. The van der Waals surface area contributed by atoms with E-state index in [9.17, 15) is 18.0 Å². The highest BCUT2D eigenvalue weighted by molar-refractivity contribution is 7.91. The van der Waals surface area contributed by atoms with E-state index >= 15 is 0 Å².